The Kier molecular flexibility index (Phi) is 3.72. The van der Waals surface area contributed by atoms with Crippen molar-refractivity contribution in [3.8, 4) is 6.07 Å². The van der Waals surface area contributed by atoms with Crippen LogP contribution in [-0.4, -0.2) is 37.0 Å². The van der Waals surface area contributed by atoms with E-state index in [4.69, 9.17) is 4.74 Å². The van der Waals surface area contributed by atoms with Crippen LogP contribution in [0.2, 0.25) is 0 Å². The first kappa shape index (κ1) is 13.8. The second kappa shape index (κ2) is 5.66. The highest BCUT2D eigenvalue weighted by Crippen LogP contribution is 2.30. The van der Waals surface area contributed by atoms with Gasteiger partial charge in [-0.2, -0.15) is 5.26 Å². The van der Waals surface area contributed by atoms with Gasteiger partial charge in [-0.3, -0.25) is 4.98 Å². The van der Waals surface area contributed by atoms with Crippen molar-refractivity contribution in [2.45, 2.75) is 19.1 Å². The number of rotatable bonds is 2. The Morgan fingerprint density at radius 1 is 1.43 bits per heavy atom. The number of nitriles is 1. The molecule has 0 saturated carbocycles. The molecule has 0 radical (unpaired) electrons. The molecule has 2 atom stereocenters. The van der Waals surface area contributed by atoms with Gasteiger partial charge in [-0.05, 0) is 31.2 Å². The summed E-state index contributed by atoms with van der Waals surface area (Å²) in [6.45, 7) is 2.66. The largest absolute Gasteiger partial charge is 0.369 e. The van der Waals surface area contributed by atoms with Crippen molar-refractivity contribution in [3.05, 3.63) is 36.0 Å². The first-order valence-electron chi connectivity index (χ1n) is 6.97. The van der Waals surface area contributed by atoms with Gasteiger partial charge < -0.3 is 9.64 Å². The molecule has 0 bridgehead atoms. The monoisotopic (exact) mass is 285 g/mol. The Morgan fingerprint density at radius 2 is 2.29 bits per heavy atom. The lowest BCUT2D eigenvalue weighted by molar-refractivity contribution is -0.0268. The van der Waals surface area contributed by atoms with E-state index < -0.39 is 12.8 Å². The summed E-state index contributed by atoms with van der Waals surface area (Å²) in [6.07, 6.45) is 1.25. The number of benzene rings is 1. The zero-order valence-corrected chi connectivity index (χ0v) is 11.8. The first-order valence-corrected chi connectivity index (χ1v) is 6.97. The minimum Gasteiger partial charge on any atom is -0.369 e. The van der Waals surface area contributed by atoms with E-state index in [0.717, 1.165) is 11.1 Å². The van der Waals surface area contributed by atoms with E-state index in [1.807, 2.05) is 25.1 Å². The van der Waals surface area contributed by atoms with Crippen LogP contribution >= 0.6 is 0 Å². The fourth-order valence-electron chi connectivity index (χ4n) is 2.85. The zero-order chi connectivity index (χ0) is 14.8. The Morgan fingerprint density at radius 3 is 3.05 bits per heavy atom. The molecule has 1 aromatic carbocycles. The topological polar surface area (TPSA) is 49.2 Å². The van der Waals surface area contributed by atoms with Crippen LogP contribution in [0.3, 0.4) is 0 Å². The number of pyridine rings is 1. The van der Waals surface area contributed by atoms with E-state index >= 15 is 0 Å². The second-order valence-electron chi connectivity index (χ2n) is 5.27. The predicted octanol–water partition coefficient (Wildman–Crippen LogP) is 2.67. The SMILES string of the molecule is C[C@@H]1CN(c2ccc(C#N)c3ncccc23)C[C@H](CF)O1. The van der Waals surface area contributed by atoms with Gasteiger partial charge in [0.25, 0.3) is 0 Å². The molecule has 3 rings (SSSR count). The van der Waals surface area contributed by atoms with Gasteiger partial charge in [0.15, 0.2) is 0 Å². The summed E-state index contributed by atoms with van der Waals surface area (Å²) in [7, 11) is 0. The fourth-order valence-corrected chi connectivity index (χ4v) is 2.85. The van der Waals surface area contributed by atoms with Crippen LogP contribution in [0.15, 0.2) is 30.5 Å². The maximum absolute atomic E-state index is 13.0. The number of nitrogens with zero attached hydrogens (tertiary/aromatic N) is 3. The molecule has 2 aromatic rings. The highest BCUT2D eigenvalue weighted by molar-refractivity contribution is 5.95. The molecule has 108 valence electrons. The molecule has 4 nitrogen and oxygen atoms in total. The molecular formula is C16H16FN3O. The lowest BCUT2D eigenvalue weighted by Crippen LogP contribution is -2.47. The molecule has 5 heteroatoms. The van der Waals surface area contributed by atoms with E-state index in [1.165, 1.54) is 0 Å². The number of aromatic nitrogens is 1. The molecule has 0 amide bonds. The first-order chi connectivity index (χ1) is 10.2. The molecule has 0 unspecified atom stereocenters. The van der Waals surface area contributed by atoms with Gasteiger partial charge in [-0.15, -0.1) is 0 Å². The number of hydrogen-bond acceptors (Lipinski definition) is 4. The van der Waals surface area contributed by atoms with Gasteiger partial charge in [0.1, 0.15) is 18.8 Å². The van der Waals surface area contributed by atoms with Gasteiger partial charge in [-0.25, -0.2) is 4.39 Å². The van der Waals surface area contributed by atoms with E-state index in [1.54, 1.807) is 12.3 Å². The third kappa shape index (κ3) is 2.55. The summed E-state index contributed by atoms with van der Waals surface area (Å²) < 4.78 is 18.5. The highest BCUT2D eigenvalue weighted by atomic mass is 19.1. The van der Waals surface area contributed by atoms with E-state index in [-0.39, 0.29) is 6.10 Å². The summed E-state index contributed by atoms with van der Waals surface area (Å²) in [5, 5.41) is 10.1. The van der Waals surface area contributed by atoms with Gasteiger partial charge in [-0.1, -0.05) is 0 Å². The van der Waals surface area contributed by atoms with Crippen LogP contribution in [0, 0.1) is 11.3 Å². The van der Waals surface area contributed by atoms with Gasteiger partial charge in [0.2, 0.25) is 0 Å². The van der Waals surface area contributed by atoms with Crippen LogP contribution in [0.5, 0.6) is 0 Å². The molecule has 0 spiro atoms. The molecule has 2 heterocycles. The van der Waals surface area contributed by atoms with Crippen molar-refractivity contribution in [3.63, 3.8) is 0 Å². The van der Waals surface area contributed by atoms with Gasteiger partial charge in [0.05, 0.1) is 17.2 Å². The summed E-state index contributed by atoms with van der Waals surface area (Å²) in [4.78, 5) is 6.43. The normalized spacial score (nSPS) is 22.2. The molecule has 1 fully saturated rings. The molecular weight excluding hydrogens is 269 g/mol. The minimum atomic E-state index is -0.493. The van der Waals surface area contributed by atoms with E-state index in [9.17, 15) is 9.65 Å². The van der Waals surface area contributed by atoms with Crippen molar-refractivity contribution in [1.29, 1.82) is 5.26 Å². The minimum absolute atomic E-state index is 0.0261. The lowest BCUT2D eigenvalue weighted by Gasteiger charge is -2.37. The van der Waals surface area contributed by atoms with Crippen LogP contribution in [0.1, 0.15) is 12.5 Å². The summed E-state index contributed by atoms with van der Waals surface area (Å²) >= 11 is 0. The number of alkyl halides is 1. The number of fused-ring (bicyclic) bond motifs is 1. The standard InChI is InChI=1S/C16H16FN3O/c1-11-9-20(10-13(7-17)21-11)15-5-4-12(8-18)16-14(15)3-2-6-19-16/h2-6,11,13H,7,9-10H2,1H3/t11-,13+/m1/s1. The van der Waals surface area contributed by atoms with Crippen LogP contribution < -0.4 is 4.90 Å². The van der Waals surface area contributed by atoms with E-state index in [0.29, 0.717) is 24.2 Å². The van der Waals surface area contributed by atoms with Crippen LogP contribution in [-0.2, 0) is 4.74 Å². The smallest absolute Gasteiger partial charge is 0.117 e. The third-order valence-electron chi connectivity index (χ3n) is 3.71. The zero-order valence-electron chi connectivity index (χ0n) is 11.8. The molecule has 1 saturated heterocycles. The molecule has 1 aliphatic heterocycles. The number of anilines is 1. The van der Waals surface area contributed by atoms with Crippen molar-refractivity contribution in [1.82, 2.24) is 4.98 Å². The number of hydrogen-bond donors (Lipinski definition) is 0. The lowest BCUT2D eigenvalue weighted by atomic mass is 10.1. The Balaban J connectivity index is 2.07. The second-order valence-corrected chi connectivity index (χ2v) is 5.27. The molecule has 1 aliphatic rings. The van der Waals surface area contributed by atoms with Gasteiger partial charge in [0, 0.05) is 30.4 Å². The van der Waals surface area contributed by atoms with Crippen molar-refractivity contribution in [2.24, 2.45) is 0 Å². The fraction of sp³-hybridized carbons (Fsp3) is 0.375. The summed E-state index contributed by atoms with van der Waals surface area (Å²) in [6, 6.07) is 9.65. The van der Waals surface area contributed by atoms with Crippen LogP contribution in [0.4, 0.5) is 10.1 Å². The van der Waals surface area contributed by atoms with Gasteiger partial charge >= 0.3 is 0 Å². The molecule has 0 aliphatic carbocycles. The Bertz CT molecular complexity index is 697. The Labute approximate surface area is 122 Å². The Hall–Kier alpha value is -2.19. The molecule has 0 N–H and O–H groups in total. The quantitative estimate of drug-likeness (QED) is 0.851. The van der Waals surface area contributed by atoms with E-state index in [2.05, 4.69) is 16.0 Å². The summed E-state index contributed by atoms with van der Waals surface area (Å²) in [5.74, 6) is 0. The highest BCUT2D eigenvalue weighted by Gasteiger charge is 2.26. The maximum Gasteiger partial charge on any atom is 0.117 e. The average Bonchev–Trinajstić information content (AvgIpc) is 2.53. The third-order valence-corrected chi connectivity index (χ3v) is 3.71. The number of halogens is 1. The van der Waals surface area contributed by atoms with Crippen molar-refractivity contribution >= 4 is 16.6 Å². The maximum atomic E-state index is 13.0. The van der Waals surface area contributed by atoms with Crippen molar-refractivity contribution < 1.29 is 9.13 Å². The predicted molar refractivity (Wildman–Crippen MR) is 79.0 cm³/mol. The number of morpholine rings is 1. The molecule has 1 aromatic heterocycles. The van der Waals surface area contributed by atoms with Crippen LogP contribution in [0.25, 0.3) is 10.9 Å². The van der Waals surface area contributed by atoms with Crippen molar-refractivity contribution in [2.75, 3.05) is 24.7 Å². The number of ether oxygens (including phenoxy) is 1. The average molecular weight is 285 g/mol. The molecule has 21 heavy (non-hydrogen) atoms. The summed E-state index contributed by atoms with van der Waals surface area (Å²) in [5.41, 5.74) is 2.22.